The summed E-state index contributed by atoms with van der Waals surface area (Å²) in [5, 5.41) is 0. The lowest BCUT2D eigenvalue weighted by atomic mass is 9.60. The Morgan fingerprint density at radius 2 is 0.981 bits per heavy atom. The van der Waals surface area contributed by atoms with Gasteiger partial charge in [-0.05, 0) is 97.6 Å². The number of hydrogen-bond acceptors (Lipinski definition) is 6. The number of nitrogens with two attached hydrogens (primary N) is 2. The first-order valence-electron chi connectivity index (χ1n) is 21.1. The van der Waals surface area contributed by atoms with Crippen molar-refractivity contribution in [3.8, 4) is 11.5 Å². The van der Waals surface area contributed by atoms with Crippen LogP contribution in [0.3, 0.4) is 0 Å². The molecular formula is C45H64F2N2O4. The van der Waals surface area contributed by atoms with Crippen molar-refractivity contribution in [1.29, 1.82) is 0 Å². The SMILES string of the molecule is C[C@@]12CCCCCC[C@@H](Cc3c(F)cc(OC(=O)CCCCCCCCCCC(=O)Oc4cc(F)c5c(c4)[C@@]4(C)CCCCC[C@@H](C5)[C@@H]4N)cc31)[C@@H]2N. The number of esters is 2. The number of rotatable bonds is 13. The third-order valence-corrected chi connectivity index (χ3v) is 13.8. The summed E-state index contributed by atoms with van der Waals surface area (Å²) in [5.74, 6) is -0.0307. The largest absolute Gasteiger partial charge is 0.426 e. The molecule has 4 aliphatic rings. The predicted molar refractivity (Wildman–Crippen MR) is 206 cm³/mol. The molecule has 0 saturated heterocycles. The summed E-state index contributed by atoms with van der Waals surface area (Å²) in [6, 6.07) is 6.50. The molecule has 0 unspecified atom stereocenters. The lowest BCUT2D eigenvalue weighted by molar-refractivity contribution is -0.135. The van der Waals surface area contributed by atoms with E-state index in [2.05, 4.69) is 13.8 Å². The standard InChI is InChI=1S/C45H64F2N2O4/c1-44-22-16-10-9-12-18-30(42(44)48)24-34-36(44)26-32(28-38(34)46)52-40(50)20-14-7-5-3-4-6-8-15-21-41(51)53-33-27-37-35(39(47)29-33)25-31-19-13-11-17-23-45(37,2)43(31)49/h26-31,42-43H,3-25,48-49H2,1-2H3/t30-,31-,42-,43-,44+,45+/m0/s1. The van der Waals surface area contributed by atoms with Crippen molar-refractivity contribution >= 4 is 11.9 Å². The highest BCUT2D eigenvalue weighted by Crippen LogP contribution is 2.48. The van der Waals surface area contributed by atoms with Crippen molar-refractivity contribution in [1.82, 2.24) is 0 Å². The van der Waals surface area contributed by atoms with Crippen molar-refractivity contribution in [2.45, 2.75) is 184 Å². The van der Waals surface area contributed by atoms with Gasteiger partial charge in [0.15, 0.2) is 0 Å². The fourth-order valence-electron chi connectivity index (χ4n) is 10.4. The lowest BCUT2D eigenvalue weighted by Crippen LogP contribution is -2.53. The highest BCUT2D eigenvalue weighted by Gasteiger charge is 2.46. The molecule has 2 aromatic rings. The molecule has 6 rings (SSSR count). The van der Waals surface area contributed by atoms with Crippen LogP contribution in [-0.2, 0) is 33.3 Å². The van der Waals surface area contributed by atoms with Crippen molar-refractivity contribution in [2.75, 3.05) is 0 Å². The van der Waals surface area contributed by atoms with Gasteiger partial charge in [0.1, 0.15) is 23.1 Å². The molecule has 53 heavy (non-hydrogen) atoms. The van der Waals surface area contributed by atoms with Gasteiger partial charge in [-0.1, -0.05) is 97.3 Å². The second-order valence-electron chi connectivity index (χ2n) is 17.5. The van der Waals surface area contributed by atoms with Crippen molar-refractivity contribution < 1.29 is 27.8 Å². The molecule has 2 aromatic carbocycles. The van der Waals surface area contributed by atoms with Gasteiger partial charge in [0.2, 0.25) is 0 Å². The van der Waals surface area contributed by atoms with E-state index in [0.717, 1.165) is 125 Å². The van der Waals surface area contributed by atoms with Gasteiger partial charge in [0.05, 0.1) is 0 Å². The summed E-state index contributed by atoms with van der Waals surface area (Å²) in [7, 11) is 0. The van der Waals surface area contributed by atoms with Crippen LogP contribution in [0, 0.1) is 23.5 Å². The van der Waals surface area contributed by atoms with Crippen LogP contribution in [0.4, 0.5) is 8.78 Å². The number of carbonyl (C=O) groups excluding carboxylic acids is 2. The van der Waals surface area contributed by atoms with E-state index in [1.165, 1.54) is 31.4 Å². The van der Waals surface area contributed by atoms with Gasteiger partial charge in [0, 0.05) is 47.9 Å². The smallest absolute Gasteiger partial charge is 0.311 e. The lowest BCUT2D eigenvalue weighted by Gasteiger charge is -2.47. The fraction of sp³-hybridized carbons (Fsp3) is 0.689. The van der Waals surface area contributed by atoms with Crippen LogP contribution in [0.15, 0.2) is 24.3 Å². The summed E-state index contributed by atoms with van der Waals surface area (Å²) >= 11 is 0. The third-order valence-electron chi connectivity index (χ3n) is 13.8. The van der Waals surface area contributed by atoms with Crippen LogP contribution in [0.25, 0.3) is 0 Å². The molecule has 2 fully saturated rings. The average molecular weight is 735 g/mol. The highest BCUT2D eigenvalue weighted by molar-refractivity contribution is 5.73. The van der Waals surface area contributed by atoms with Crippen LogP contribution in [-0.4, -0.2) is 24.0 Å². The number of ether oxygens (including phenoxy) is 2. The van der Waals surface area contributed by atoms with Crippen molar-refractivity contribution in [2.24, 2.45) is 23.3 Å². The van der Waals surface area contributed by atoms with E-state index >= 15 is 8.78 Å². The Kier molecular flexibility index (Phi) is 13.3. The molecule has 8 heteroatoms. The van der Waals surface area contributed by atoms with Crippen molar-refractivity contribution in [3.63, 3.8) is 0 Å². The first-order chi connectivity index (χ1) is 25.5. The number of hydrogen-bond donors (Lipinski definition) is 2. The molecule has 4 N–H and O–H groups in total. The zero-order valence-corrected chi connectivity index (χ0v) is 32.4. The Morgan fingerprint density at radius 1 is 0.604 bits per heavy atom. The average Bonchev–Trinajstić information content (AvgIpc) is 3.15. The quantitative estimate of drug-likeness (QED) is 0.121. The van der Waals surface area contributed by atoms with E-state index in [4.69, 9.17) is 20.9 Å². The number of carbonyl (C=O) groups is 2. The molecule has 4 bridgehead atoms. The third kappa shape index (κ3) is 9.18. The second kappa shape index (κ2) is 17.7. The van der Waals surface area contributed by atoms with Crippen LogP contribution >= 0.6 is 0 Å². The maximum absolute atomic E-state index is 15.4. The highest BCUT2D eigenvalue weighted by atomic mass is 19.1. The van der Waals surface area contributed by atoms with Gasteiger partial charge in [-0.25, -0.2) is 8.78 Å². The summed E-state index contributed by atoms with van der Waals surface area (Å²) in [6.45, 7) is 4.34. The minimum absolute atomic E-state index is 0.0160. The molecule has 0 radical (unpaired) electrons. The predicted octanol–water partition coefficient (Wildman–Crippen LogP) is 10.2. The molecule has 0 amide bonds. The number of benzene rings is 2. The van der Waals surface area contributed by atoms with E-state index < -0.39 is 0 Å². The van der Waals surface area contributed by atoms with Gasteiger partial charge < -0.3 is 20.9 Å². The maximum Gasteiger partial charge on any atom is 0.311 e. The number of halogens is 2. The van der Waals surface area contributed by atoms with Crippen molar-refractivity contribution in [3.05, 3.63) is 58.2 Å². The molecule has 6 atom stereocenters. The summed E-state index contributed by atoms with van der Waals surface area (Å²) in [4.78, 5) is 25.4. The number of fused-ring (bicyclic) bond motifs is 8. The van der Waals surface area contributed by atoms with Gasteiger partial charge >= 0.3 is 11.9 Å². The summed E-state index contributed by atoms with van der Waals surface area (Å²) in [5.41, 5.74) is 16.4. The Balaban J connectivity index is 0.867. The summed E-state index contributed by atoms with van der Waals surface area (Å²) in [6.07, 6.45) is 21.4. The van der Waals surface area contributed by atoms with E-state index in [1.54, 1.807) is 0 Å². The van der Waals surface area contributed by atoms with Crippen LogP contribution in [0.5, 0.6) is 11.5 Å². The minimum Gasteiger partial charge on any atom is -0.426 e. The minimum atomic E-state index is -0.322. The zero-order valence-electron chi connectivity index (χ0n) is 32.4. The van der Waals surface area contributed by atoms with E-state index in [9.17, 15) is 9.59 Å². The molecule has 0 aliphatic heterocycles. The monoisotopic (exact) mass is 734 g/mol. The van der Waals surface area contributed by atoms with Gasteiger partial charge in [0.25, 0.3) is 0 Å². The molecule has 0 heterocycles. The maximum atomic E-state index is 15.4. The topological polar surface area (TPSA) is 105 Å². The Labute approximate surface area is 316 Å². The molecule has 4 aliphatic carbocycles. The van der Waals surface area contributed by atoms with E-state index in [0.29, 0.717) is 43.1 Å². The van der Waals surface area contributed by atoms with Gasteiger partial charge in [-0.15, -0.1) is 0 Å². The number of unbranched alkanes of at least 4 members (excludes halogenated alkanes) is 7. The first-order valence-corrected chi connectivity index (χ1v) is 21.1. The molecule has 0 aromatic heterocycles. The molecule has 292 valence electrons. The first kappa shape index (κ1) is 39.8. The zero-order chi connectivity index (χ0) is 37.6. The van der Waals surface area contributed by atoms with Crippen LogP contribution in [0.1, 0.15) is 171 Å². The van der Waals surface area contributed by atoms with E-state index in [1.807, 2.05) is 12.1 Å². The van der Waals surface area contributed by atoms with Crippen LogP contribution < -0.4 is 20.9 Å². The van der Waals surface area contributed by atoms with E-state index in [-0.39, 0.29) is 52.4 Å². The molecule has 0 spiro atoms. The normalized spacial score (nSPS) is 28.3. The Hall–Kier alpha value is -2.84. The summed E-state index contributed by atoms with van der Waals surface area (Å²) < 4.78 is 42.1. The van der Waals surface area contributed by atoms with Gasteiger partial charge in [-0.2, -0.15) is 0 Å². The molecule has 2 saturated carbocycles. The van der Waals surface area contributed by atoms with Gasteiger partial charge in [-0.3, -0.25) is 9.59 Å². The van der Waals surface area contributed by atoms with Crippen LogP contribution in [0.2, 0.25) is 0 Å². The molecular weight excluding hydrogens is 671 g/mol. The Morgan fingerprint density at radius 3 is 1.42 bits per heavy atom. The second-order valence-corrected chi connectivity index (χ2v) is 17.5. The molecule has 6 nitrogen and oxygen atoms in total. The fourth-order valence-corrected chi connectivity index (χ4v) is 10.4. The Bertz CT molecular complexity index is 1600.